The second-order valence-corrected chi connectivity index (χ2v) is 5.34. The first-order valence-electron chi connectivity index (χ1n) is 6.55. The molecule has 1 rings (SSSR count). The summed E-state index contributed by atoms with van der Waals surface area (Å²) in [5, 5.41) is 5.92. The second-order valence-electron chi connectivity index (χ2n) is 5.34. The molecular weight excluding hydrogens is 232 g/mol. The minimum Gasteiger partial charge on any atom is -0.369 e. The molecular formula is C13H24N2O3. The number of likely N-dealkylation sites (N-methyl/N-ethyl adjacent to an activating group) is 1. The van der Waals surface area contributed by atoms with E-state index in [0.29, 0.717) is 12.3 Å². The summed E-state index contributed by atoms with van der Waals surface area (Å²) in [6.07, 6.45) is 1.03. The van der Waals surface area contributed by atoms with Crippen molar-refractivity contribution in [1.82, 2.24) is 10.6 Å². The van der Waals surface area contributed by atoms with Crippen LogP contribution in [0.3, 0.4) is 0 Å². The monoisotopic (exact) mass is 256 g/mol. The van der Waals surface area contributed by atoms with E-state index in [-0.39, 0.29) is 36.5 Å². The molecule has 5 nitrogen and oxygen atoms in total. The molecule has 0 aliphatic carbocycles. The summed E-state index contributed by atoms with van der Waals surface area (Å²) in [6.45, 7) is 6.20. The van der Waals surface area contributed by atoms with E-state index in [1.165, 1.54) is 0 Å². The fourth-order valence-electron chi connectivity index (χ4n) is 2.09. The lowest BCUT2D eigenvalue weighted by Gasteiger charge is -2.30. The molecule has 1 heterocycles. The molecule has 0 unspecified atom stereocenters. The molecule has 0 aromatic heterocycles. The summed E-state index contributed by atoms with van der Waals surface area (Å²) in [5.74, 6) is 0.430. The number of hydrogen-bond donors (Lipinski definition) is 2. The summed E-state index contributed by atoms with van der Waals surface area (Å²) in [6, 6.07) is -0.420. The van der Waals surface area contributed by atoms with Crippen LogP contribution in [0.1, 0.15) is 33.6 Å². The molecule has 3 atom stereocenters. The molecule has 0 aromatic rings. The van der Waals surface area contributed by atoms with Gasteiger partial charge in [0.15, 0.2) is 5.78 Å². The second kappa shape index (κ2) is 6.85. The number of Topliss-reactive ketones (excluding diaryl/α,β-unsaturated/α-hetero) is 1. The van der Waals surface area contributed by atoms with Crippen LogP contribution in [0.15, 0.2) is 0 Å². The third kappa shape index (κ3) is 4.38. The summed E-state index contributed by atoms with van der Waals surface area (Å²) in [7, 11) is 1.78. The van der Waals surface area contributed by atoms with Gasteiger partial charge < -0.3 is 15.4 Å². The zero-order valence-electron chi connectivity index (χ0n) is 11.7. The molecule has 1 amide bonds. The Bertz CT molecular complexity index is 305. The first-order chi connectivity index (χ1) is 8.43. The smallest absolute Gasteiger partial charge is 0.237 e. The zero-order valence-corrected chi connectivity index (χ0v) is 11.7. The fraction of sp³-hybridized carbons (Fsp3) is 0.846. The Hall–Kier alpha value is -0.940. The molecule has 1 aliphatic heterocycles. The van der Waals surface area contributed by atoms with Gasteiger partial charge in [-0.25, -0.2) is 0 Å². The van der Waals surface area contributed by atoms with Crippen LogP contribution in [0.2, 0.25) is 0 Å². The van der Waals surface area contributed by atoms with E-state index in [2.05, 4.69) is 24.5 Å². The summed E-state index contributed by atoms with van der Waals surface area (Å²) >= 11 is 0. The van der Waals surface area contributed by atoms with Gasteiger partial charge in [-0.05, 0) is 26.3 Å². The van der Waals surface area contributed by atoms with E-state index in [1.807, 2.05) is 6.92 Å². The normalized spacial score (nSPS) is 26.2. The fourth-order valence-corrected chi connectivity index (χ4v) is 2.09. The lowest BCUT2D eigenvalue weighted by atomic mass is 10.00. The Morgan fingerprint density at radius 1 is 1.50 bits per heavy atom. The number of ketones is 1. The highest BCUT2D eigenvalue weighted by Gasteiger charge is 2.30. The Morgan fingerprint density at radius 3 is 2.72 bits per heavy atom. The molecule has 1 saturated heterocycles. The van der Waals surface area contributed by atoms with Crippen LogP contribution in [-0.4, -0.2) is 43.5 Å². The topological polar surface area (TPSA) is 67.4 Å². The number of carbonyl (C=O) groups excluding carboxylic acids is 2. The van der Waals surface area contributed by atoms with E-state index in [9.17, 15) is 9.59 Å². The van der Waals surface area contributed by atoms with Crippen molar-refractivity contribution in [1.29, 1.82) is 0 Å². The van der Waals surface area contributed by atoms with E-state index in [0.717, 1.165) is 6.42 Å². The minimum atomic E-state index is -0.214. The Balaban J connectivity index is 2.53. The molecule has 2 N–H and O–H groups in total. The van der Waals surface area contributed by atoms with Crippen LogP contribution < -0.4 is 10.6 Å². The predicted molar refractivity (Wildman–Crippen MR) is 69.3 cm³/mol. The lowest BCUT2D eigenvalue weighted by molar-refractivity contribution is -0.135. The first kappa shape index (κ1) is 15.1. The SMILES string of the molecule is CN[C@@H](CC(C)C)C(=O)N[C@@H]1CC(=O)CO[C@@H]1C. The van der Waals surface area contributed by atoms with Gasteiger partial charge in [0.25, 0.3) is 0 Å². The van der Waals surface area contributed by atoms with Gasteiger partial charge in [-0.15, -0.1) is 0 Å². The highest BCUT2D eigenvalue weighted by Crippen LogP contribution is 2.12. The van der Waals surface area contributed by atoms with Crippen LogP contribution >= 0.6 is 0 Å². The lowest BCUT2D eigenvalue weighted by Crippen LogP contribution is -2.53. The average Bonchev–Trinajstić information content (AvgIpc) is 2.30. The van der Waals surface area contributed by atoms with Gasteiger partial charge in [0.1, 0.15) is 6.61 Å². The number of ether oxygens (including phenoxy) is 1. The minimum absolute atomic E-state index is 0.0447. The van der Waals surface area contributed by atoms with Crippen molar-refractivity contribution in [2.45, 2.75) is 51.8 Å². The molecule has 0 spiro atoms. The maximum atomic E-state index is 12.1. The average molecular weight is 256 g/mol. The molecule has 0 aromatic carbocycles. The van der Waals surface area contributed by atoms with Gasteiger partial charge in [0.2, 0.25) is 5.91 Å². The quantitative estimate of drug-likeness (QED) is 0.751. The molecule has 18 heavy (non-hydrogen) atoms. The van der Waals surface area contributed by atoms with Crippen LogP contribution in [-0.2, 0) is 14.3 Å². The number of amides is 1. The van der Waals surface area contributed by atoms with Crippen LogP contribution in [0.25, 0.3) is 0 Å². The van der Waals surface area contributed by atoms with E-state index in [1.54, 1.807) is 7.05 Å². The Labute approximate surface area is 109 Å². The van der Waals surface area contributed by atoms with E-state index < -0.39 is 0 Å². The third-order valence-corrected chi connectivity index (χ3v) is 3.22. The van der Waals surface area contributed by atoms with Gasteiger partial charge >= 0.3 is 0 Å². The molecule has 0 radical (unpaired) electrons. The number of nitrogens with one attached hydrogen (secondary N) is 2. The van der Waals surface area contributed by atoms with Gasteiger partial charge in [-0.3, -0.25) is 9.59 Å². The van der Waals surface area contributed by atoms with Crippen molar-refractivity contribution < 1.29 is 14.3 Å². The largest absolute Gasteiger partial charge is 0.369 e. The van der Waals surface area contributed by atoms with Gasteiger partial charge in [-0.2, -0.15) is 0 Å². The predicted octanol–water partition coefficient (Wildman–Crippen LogP) is 0.483. The molecule has 0 bridgehead atoms. The summed E-state index contributed by atoms with van der Waals surface area (Å²) < 4.78 is 5.31. The molecule has 104 valence electrons. The van der Waals surface area contributed by atoms with E-state index in [4.69, 9.17) is 4.74 Å². The standard InChI is InChI=1S/C13H24N2O3/c1-8(2)5-12(14-4)13(17)15-11-6-10(16)7-18-9(11)3/h8-9,11-12,14H,5-7H2,1-4H3,(H,15,17)/t9-,11-,12+/m1/s1. The third-order valence-electron chi connectivity index (χ3n) is 3.22. The van der Waals surface area contributed by atoms with Crippen molar-refractivity contribution >= 4 is 11.7 Å². The number of rotatable bonds is 5. The summed E-state index contributed by atoms with van der Waals surface area (Å²) in [5.41, 5.74) is 0. The highest BCUT2D eigenvalue weighted by atomic mass is 16.5. The van der Waals surface area contributed by atoms with Crippen molar-refractivity contribution in [3.8, 4) is 0 Å². The van der Waals surface area contributed by atoms with Crippen molar-refractivity contribution in [2.24, 2.45) is 5.92 Å². The Kier molecular flexibility index (Phi) is 5.75. The summed E-state index contributed by atoms with van der Waals surface area (Å²) in [4.78, 5) is 23.4. The molecule has 5 heteroatoms. The zero-order chi connectivity index (χ0) is 13.7. The van der Waals surface area contributed by atoms with Gasteiger partial charge in [0.05, 0.1) is 18.2 Å². The number of carbonyl (C=O) groups is 2. The molecule has 0 saturated carbocycles. The van der Waals surface area contributed by atoms with Crippen molar-refractivity contribution in [3.05, 3.63) is 0 Å². The molecule has 1 fully saturated rings. The van der Waals surface area contributed by atoms with Crippen LogP contribution in [0.4, 0.5) is 0 Å². The van der Waals surface area contributed by atoms with Crippen LogP contribution in [0.5, 0.6) is 0 Å². The van der Waals surface area contributed by atoms with Crippen molar-refractivity contribution in [3.63, 3.8) is 0 Å². The Morgan fingerprint density at radius 2 is 2.17 bits per heavy atom. The van der Waals surface area contributed by atoms with E-state index >= 15 is 0 Å². The van der Waals surface area contributed by atoms with Gasteiger partial charge in [-0.1, -0.05) is 13.8 Å². The van der Waals surface area contributed by atoms with Crippen molar-refractivity contribution in [2.75, 3.05) is 13.7 Å². The number of hydrogen-bond acceptors (Lipinski definition) is 4. The van der Waals surface area contributed by atoms with Crippen LogP contribution in [0, 0.1) is 5.92 Å². The highest BCUT2D eigenvalue weighted by molar-refractivity contribution is 5.85. The maximum absolute atomic E-state index is 12.1. The van der Waals surface area contributed by atoms with Gasteiger partial charge in [0, 0.05) is 6.42 Å². The maximum Gasteiger partial charge on any atom is 0.237 e. The first-order valence-corrected chi connectivity index (χ1v) is 6.55. The molecule has 1 aliphatic rings.